The highest BCUT2D eigenvalue weighted by Gasteiger charge is 2.13. The van der Waals surface area contributed by atoms with E-state index in [0.29, 0.717) is 4.47 Å². The van der Waals surface area contributed by atoms with Gasteiger partial charge in [0.25, 0.3) is 0 Å². The lowest BCUT2D eigenvalue weighted by Gasteiger charge is -2.10. The molecule has 0 aliphatic rings. The molecule has 1 amide bonds. The zero-order valence-electron chi connectivity index (χ0n) is 10.1. The van der Waals surface area contributed by atoms with Crippen LogP contribution in [-0.4, -0.2) is 23.8 Å². The van der Waals surface area contributed by atoms with E-state index >= 15 is 0 Å². The molecule has 0 atom stereocenters. The summed E-state index contributed by atoms with van der Waals surface area (Å²) in [6.45, 7) is 4.11. The van der Waals surface area contributed by atoms with Crippen LogP contribution in [0.4, 0.5) is 10.5 Å². The lowest BCUT2D eigenvalue weighted by molar-refractivity contribution is 0.0698. The molecule has 0 saturated carbocycles. The predicted octanol–water partition coefficient (Wildman–Crippen LogP) is 3.35. The lowest BCUT2D eigenvalue weighted by Crippen LogP contribution is -2.18. The number of aromatic carboxylic acids is 1. The molecule has 0 aliphatic heterocycles. The Morgan fingerprint density at radius 3 is 2.67 bits per heavy atom. The molecule has 0 radical (unpaired) electrons. The molecule has 2 N–H and O–H groups in total. The fraction of sp³-hybridized carbons (Fsp3) is 0.333. The van der Waals surface area contributed by atoms with Crippen LogP contribution in [0.5, 0.6) is 0 Å². The number of rotatable bonds is 4. The second-order valence-electron chi connectivity index (χ2n) is 4.11. The first kappa shape index (κ1) is 14.5. The van der Waals surface area contributed by atoms with Gasteiger partial charge in [0.15, 0.2) is 0 Å². The molecular weight excluding hydrogens is 302 g/mol. The molecule has 6 heteroatoms. The van der Waals surface area contributed by atoms with Crippen molar-refractivity contribution >= 4 is 33.7 Å². The third-order valence-electron chi connectivity index (χ3n) is 2.00. The first-order chi connectivity index (χ1) is 8.40. The van der Waals surface area contributed by atoms with E-state index in [2.05, 4.69) is 21.2 Å². The summed E-state index contributed by atoms with van der Waals surface area (Å²) >= 11 is 3.17. The van der Waals surface area contributed by atoms with Crippen LogP contribution in [-0.2, 0) is 4.74 Å². The second kappa shape index (κ2) is 6.39. The molecule has 1 aromatic rings. The number of carboxylic acid groups (broad SMARTS) is 1. The minimum atomic E-state index is -1.12. The van der Waals surface area contributed by atoms with Gasteiger partial charge in [0.1, 0.15) is 0 Å². The van der Waals surface area contributed by atoms with Crippen molar-refractivity contribution in [1.29, 1.82) is 0 Å². The predicted molar refractivity (Wildman–Crippen MR) is 70.9 cm³/mol. The highest BCUT2D eigenvalue weighted by molar-refractivity contribution is 9.10. The van der Waals surface area contributed by atoms with Crippen LogP contribution in [0.15, 0.2) is 22.7 Å². The van der Waals surface area contributed by atoms with Crippen molar-refractivity contribution in [3.8, 4) is 0 Å². The number of carboxylic acids is 1. The van der Waals surface area contributed by atoms with Crippen molar-refractivity contribution in [3.63, 3.8) is 0 Å². The Balaban J connectivity index is 2.78. The molecular formula is C12H14BrNO4. The Hall–Kier alpha value is -1.56. The topological polar surface area (TPSA) is 75.6 Å². The molecule has 0 aliphatic carbocycles. The van der Waals surface area contributed by atoms with Gasteiger partial charge in [-0.1, -0.05) is 29.8 Å². The number of halogens is 1. The van der Waals surface area contributed by atoms with Crippen LogP contribution in [0.1, 0.15) is 24.2 Å². The zero-order chi connectivity index (χ0) is 13.7. The molecule has 0 fully saturated rings. The summed E-state index contributed by atoms with van der Waals surface area (Å²) in [6, 6.07) is 4.56. The maximum Gasteiger partial charge on any atom is 0.411 e. The van der Waals surface area contributed by atoms with Gasteiger partial charge in [0.05, 0.1) is 17.9 Å². The number of carbonyl (C=O) groups is 2. The third-order valence-corrected chi connectivity index (χ3v) is 2.49. The fourth-order valence-corrected chi connectivity index (χ4v) is 1.55. The van der Waals surface area contributed by atoms with Crippen molar-refractivity contribution < 1.29 is 19.4 Å². The Morgan fingerprint density at radius 1 is 1.44 bits per heavy atom. The van der Waals surface area contributed by atoms with E-state index in [4.69, 9.17) is 9.84 Å². The summed E-state index contributed by atoms with van der Waals surface area (Å²) in [6.07, 6.45) is -0.659. The standard InChI is InChI=1S/C12H14BrNO4/c1-7(2)6-18-12(17)14-10-4-3-8(13)5-9(10)11(15)16/h3-5,7H,6H2,1-2H3,(H,14,17)(H,15,16). The summed E-state index contributed by atoms with van der Waals surface area (Å²) in [5.74, 6) is -0.893. The first-order valence-electron chi connectivity index (χ1n) is 5.36. The van der Waals surface area contributed by atoms with E-state index in [1.807, 2.05) is 13.8 Å². The van der Waals surface area contributed by atoms with Gasteiger partial charge in [-0.2, -0.15) is 0 Å². The summed E-state index contributed by atoms with van der Waals surface area (Å²) < 4.78 is 5.54. The molecule has 0 spiro atoms. The highest BCUT2D eigenvalue weighted by Crippen LogP contribution is 2.21. The molecule has 0 saturated heterocycles. The van der Waals surface area contributed by atoms with Crippen molar-refractivity contribution in [2.45, 2.75) is 13.8 Å². The van der Waals surface area contributed by atoms with Gasteiger partial charge in [-0.25, -0.2) is 9.59 Å². The number of carbonyl (C=O) groups excluding carboxylic acids is 1. The number of hydrogen-bond donors (Lipinski definition) is 2. The van der Waals surface area contributed by atoms with Gasteiger partial charge in [0, 0.05) is 4.47 Å². The zero-order valence-corrected chi connectivity index (χ0v) is 11.7. The summed E-state index contributed by atoms with van der Waals surface area (Å²) in [4.78, 5) is 22.4. The van der Waals surface area contributed by atoms with Crippen LogP contribution >= 0.6 is 15.9 Å². The van der Waals surface area contributed by atoms with Crippen LogP contribution in [0.25, 0.3) is 0 Å². The first-order valence-corrected chi connectivity index (χ1v) is 6.16. The molecule has 18 heavy (non-hydrogen) atoms. The van der Waals surface area contributed by atoms with E-state index in [-0.39, 0.29) is 23.8 Å². The smallest absolute Gasteiger partial charge is 0.411 e. The Morgan fingerprint density at radius 2 is 2.11 bits per heavy atom. The van der Waals surface area contributed by atoms with E-state index < -0.39 is 12.1 Å². The fourth-order valence-electron chi connectivity index (χ4n) is 1.19. The molecule has 1 aromatic carbocycles. The molecule has 0 aromatic heterocycles. The molecule has 0 unspecified atom stereocenters. The Labute approximate surface area is 113 Å². The van der Waals surface area contributed by atoms with Crippen molar-refractivity contribution in [3.05, 3.63) is 28.2 Å². The lowest BCUT2D eigenvalue weighted by atomic mass is 10.2. The quantitative estimate of drug-likeness (QED) is 0.893. The monoisotopic (exact) mass is 315 g/mol. The van der Waals surface area contributed by atoms with Crippen LogP contribution in [0.2, 0.25) is 0 Å². The summed E-state index contributed by atoms with van der Waals surface area (Å²) in [5, 5.41) is 11.4. The normalized spacial score (nSPS) is 10.2. The van der Waals surface area contributed by atoms with Crippen LogP contribution < -0.4 is 5.32 Å². The van der Waals surface area contributed by atoms with Crippen LogP contribution in [0, 0.1) is 5.92 Å². The molecule has 1 rings (SSSR count). The van der Waals surface area contributed by atoms with Crippen molar-refractivity contribution in [2.75, 3.05) is 11.9 Å². The van der Waals surface area contributed by atoms with Gasteiger partial charge in [-0.05, 0) is 24.1 Å². The average molecular weight is 316 g/mol. The minimum absolute atomic E-state index is 0.00544. The molecule has 5 nitrogen and oxygen atoms in total. The van der Waals surface area contributed by atoms with E-state index in [1.165, 1.54) is 12.1 Å². The largest absolute Gasteiger partial charge is 0.478 e. The Kier molecular flexibility index (Phi) is 5.15. The van der Waals surface area contributed by atoms with E-state index in [1.54, 1.807) is 6.07 Å². The number of hydrogen-bond acceptors (Lipinski definition) is 3. The molecule has 0 bridgehead atoms. The second-order valence-corrected chi connectivity index (χ2v) is 5.03. The Bertz CT molecular complexity index is 459. The van der Waals surface area contributed by atoms with Crippen LogP contribution in [0.3, 0.4) is 0 Å². The average Bonchev–Trinajstić information content (AvgIpc) is 2.28. The maximum absolute atomic E-state index is 11.4. The third kappa shape index (κ3) is 4.37. The SMILES string of the molecule is CC(C)COC(=O)Nc1ccc(Br)cc1C(=O)O. The highest BCUT2D eigenvalue weighted by atomic mass is 79.9. The number of ether oxygens (including phenoxy) is 1. The van der Waals surface area contributed by atoms with Gasteiger partial charge >= 0.3 is 12.1 Å². The summed E-state index contributed by atoms with van der Waals surface area (Å²) in [7, 11) is 0. The van der Waals surface area contributed by atoms with Gasteiger partial charge < -0.3 is 9.84 Å². The van der Waals surface area contributed by atoms with E-state index in [9.17, 15) is 9.59 Å². The van der Waals surface area contributed by atoms with Crippen molar-refractivity contribution in [1.82, 2.24) is 0 Å². The van der Waals surface area contributed by atoms with E-state index in [0.717, 1.165) is 0 Å². The molecule has 0 heterocycles. The van der Waals surface area contributed by atoms with Gasteiger partial charge in [-0.3, -0.25) is 5.32 Å². The maximum atomic E-state index is 11.4. The number of amides is 1. The van der Waals surface area contributed by atoms with Gasteiger partial charge in [-0.15, -0.1) is 0 Å². The molecule has 98 valence electrons. The van der Waals surface area contributed by atoms with Crippen molar-refractivity contribution in [2.24, 2.45) is 5.92 Å². The number of benzene rings is 1. The summed E-state index contributed by atoms with van der Waals surface area (Å²) in [5.41, 5.74) is 0.213. The van der Waals surface area contributed by atoms with Gasteiger partial charge in [0.2, 0.25) is 0 Å². The minimum Gasteiger partial charge on any atom is -0.478 e. The number of anilines is 1. The number of nitrogens with one attached hydrogen (secondary N) is 1.